The Balaban J connectivity index is 1.47. The van der Waals surface area contributed by atoms with Gasteiger partial charge in [-0.15, -0.1) is 10.2 Å². The predicted molar refractivity (Wildman–Crippen MR) is 129 cm³/mol. The first-order chi connectivity index (χ1) is 17.7. The van der Waals surface area contributed by atoms with Crippen molar-refractivity contribution in [1.82, 2.24) is 25.9 Å². The molecular formula is C25H23ClF3N5O3. The monoisotopic (exact) mass is 533 g/mol. The lowest BCUT2D eigenvalue weighted by atomic mass is 9.77. The fourth-order valence-corrected chi connectivity index (χ4v) is 5.31. The van der Waals surface area contributed by atoms with E-state index in [2.05, 4.69) is 25.9 Å². The molecule has 3 aromatic rings. The minimum Gasteiger partial charge on any atom is -0.495 e. The number of ether oxygens (including phenoxy) is 2. The highest BCUT2D eigenvalue weighted by atomic mass is 35.5. The molecule has 0 bridgehead atoms. The number of methoxy groups -OCH3 is 1. The number of halogens is 4. The highest BCUT2D eigenvalue weighted by Gasteiger charge is 2.46. The fraction of sp³-hybridized carbons (Fsp3) is 0.360. The summed E-state index contributed by atoms with van der Waals surface area (Å²) >= 11 is 6.41. The second-order valence-electron chi connectivity index (χ2n) is 9.04. The maximum absolute atomic E-state index is 13.5. The molecule has 1 spiro atoms. The van der Waals surface area contributed by atoms with Crippen molar-refractivity contribution < 1.29 is 27.4 Å². The van der Waals surface area contributed by atoms with Crippen LogP contribution in [0.5, 0.6) is 11.5 Å². The van der Waals surface area contributed by atoms with Crippen LogP contribution in [-0.2, 0) is 16.8 Å². The van der Waals surface area contributed by atoms with Crippen molar-refractivity contribution in [3.63, 3.8) is 0 Å². The van der Waals surface area contributed by atoms with E-state index < -0.39 is 18.1 Å². The predicted octanol–water partition coefficient (Wildman–Crippen LogP) is 4.86. The van der Waals surface area contributed by atoms with Crippen molar-refractivity contribution in [3.05, 3.63) is 63.9 Å². The topological polar surface area (TPSA) is 102 Å². The second kappa shape index (κ2) is 9.70. The molecule has 2 heterocycles. The van der Waals surface area contributed by atoms with E-state index >= 15 is 0 Å². The largest absolute Gasteiger partial charge is 0.495 e. The standard InChI is InChI=1S/C25H23ClF3N5O3/c1-36-20-6-3-14(12-19(20)26)17-13-24(30-23(35)21(17)22-31-33-34-32-22)9-7-15-11-16(4-5-18(15)24)37-10-2-8-25(27,28)29/h3-6,11-12H,2,7-10,13H2,1H3,(H,30,35)(H,31,32,33,34)/t24-/m0/s1. The lowest BCUT2D eigenvalue weighted by molar-refractivity contribution is -0.136. The molecule has 0 unspecified atom stereocenters. The average molecular weight is 534 g/mol. The van der Waals surface area contributed by atoms with Gasteiger partial charge in [0.15, 0.2) is 0 Å². The number of carbonyl (C=O) groups is 1. The first kappa shape index (κ1) is 25.1. The van der Waals surface area contributed by atoms with Gasteiger partial charge in [0.25, 0.3) is 5.91 Å². The molecule has 12 heteroatoms. The van der Waals surface area contributed by atoms with Gasteiger partial charge in [-0.1, -0.05) is 23.7 Å². The van der Waals surface area contributed by atoms with Crippen LogP contribution >= 0.6 is 11.6 Å². The molecule has 1 atom stereocenters. The van der Waals surface area contributed by atoms with Gasteiger partial charge in [0.2, 0.25) is 5.82 Å². The van der Waals surface area contributed by atoms with Crippen molar-refractivity contribution in [3.8, 4) is 11.5 Å². The third kappa shape index (κ3) is 5.00. The third-order valence-electron chi connectivity index (χ3n) is 6.72. The van der Waals surface area contributed by atoms with E-state index in [1.807, 2.05) is 18.2 Å². The average Bonchev–Trinajstić information content (AvgIpc) is 3.50. The minimum atomic E-state index is -4.20. The summed E-state index contributed by atoms with van der Waals surface area (Å²) in [7, 11) is 1.53. The number of nitrogens with zero attached hydrogens (tertiary/aromatic N) is 3. The summed E-state index contributed by atoms with van der Waals surface area (Å²) in [5.74, 6) is 0.853. The van der Waals surface area contributed by atoms with Crippen LogP contribution < -0.4 is 14.8 Å². The summed E-state index contributed by atoms with van der Waals surface area (Å²) in [4.78, 5) is 13.5. The van der Waals surface area contributed by atoms with Crippen LogP contribution in [0, 0.1) is 0 Å². The minimum absolute atomic E-state index is 0.0284. The van der Waals surface area contributed by atoms with E-state index in [0.29, 0.717) is 41.4 Å². The summed E-state index contributed by atoms with van der Waals surface area (Å²) in [5, 5.41) is 17.6. The zero-order chi connectivity index (χ0) is 26.2. The zero-order valence-corrected chi connectivity index (χ0v) is 20.5. The van der Waals surface area contributed by atoms with Crippen molar-refractivity contribution in [2.24, 2.45) is 0 Å². The molecule has 0 saturated heterocycles. The molecule has 8 nitrogen and oxygen atoms in total. The van der Waals surface area contributed by atoms with E-state index in [4.69, 9.17) is 21.1 Å². The molecule has 2 aromatic carbocycles. The molecule has 37 heavy (non-hydrogen) atoms. The number of aromatic amines is 1. The molecular weight excluding hydrogens is 511 g/mol. The van der Waals surface area contributed by atoms with Crippen LogP contribution in [0.25, 0.3) is 11.1 Å². The van der Waals surface area contributed by atoms with Crippen LogP contribution in [-0.4, -0.2) is 46.4 Å². The van der Waals surface area contributed by atoms with Gasteiger partial charge in [0, 0.05) is 12.8 Å². The number of hydrogen-bond acceptors (Lipinski definition) is 6. The Bertz CT molecular complexity index is 1360. The van der Waals surface area contributed by atoms with Crippen molar-refractivity contribution in [2.75, 3.05) is 13.7 Å². The van der Waals surface area contributed by atoms with Crippen LogP contribution in [0.3, 0.4) is 0 Å². The smallest absolute Gasteiger partial charge is 0.389 e. The molecule has 1 aromatic heterocycles. The van der Waals surface area contributed by atoms with Gasteiger partial charge in [-0.2, -0.15) is 18.4 Å². The highest BCUT2D eigenvalue weighted by Crippen LogP contribution is 2.49. The van der Waals surface area contributed by atoms with Crippen molar-refractivity contribution in [1.29, 1.82) is 0 Å². The maximum atomic E-state index is 13.5. The van der Waals surface area contributed by atoms with Gasteiger partial charge in [0.1, 0.15) is 11.5 Å². The number of alkyl halides is 3. The highest BCUT2D eigenvalue weighted by molar-refractivity contribution is 6.32. The number of aromatic nitrogens is 4. The van der Waals surface area contributed by atoms with Crippen LogP contribution in [0.1, 0.15) is 48.2 Å². The number of nitrogens with one attached hydrogen (secondary N) is 2. The van der Waals surface area contributed by atoms with Crippen LogP contribution in [0.2, 0.25) is 5.02 Å². The number of aryl methyl sites for hydroxylation is 1. The second-order valence-corrected chi connectivity index (χ2v) is 9.44. The number of fused-ring (bicyclic) bond motifs is 2. The molecule has 194 valence electrons. The fourth-order valence-electron chi connectivity index (χ4n) is 5.05. The lowest BCUT2D eigenvalue weighted by Gasteiger charge is -2.37. The number of carbonyl (C=O) groups excluding carboxylic acids is 1. The Labute approximate surface area is 215 Å². The van der Waals surface area contributed by atoms with Crippen LogP contribution in [0.4, 0.5) is 13.2 Å². The molecule has 1 amide bonds. The molecule has 5 rings (SSSR count). The first-order valence-corrected chi connectivity index (χ1v) is 12.0. The van der Waals surface area contributed by atoms with Crippen LogP contribution in [0.15, 0.2) is 36.4 Å². The number of H-pyrrole nitrogens is 1. The first-order valence-electron chi connectivity index (χ1n) is 11.7. The molecule has 2 N–H and O–H groups in total. The summed E-state index contributed by atoms with van der Waals surface area (Å²) in [6, 6.07) is 10.8. The summed E-state index contributed by atoms with van der Waals surface area (Å²) < 4.78 is 48.1. The number of tetrazole rings is 1. The van der Waals surface area contributed by atoms with Gasteiger partial charge >= 0.3 is 6.18 Å². The molecule has 2 aliphatic rings. The van der Waals surface area contributed by atoms with E-state index in [0.717, 1.165) is 22.3 Å². The third-order valence-corrected chi connectivity index (χ3v) is 7.01. The lowest BCUT2D eigenvalue weighted by Crippen LogP contribution is -2.48. The molecule has 0 radical (unpaired) electrons. The Morgan fingerprint density at radius 3 is 2.73 bits per heavy atom. The normalized spacial score (nSPS) is 19.2. The Morgan fingerprint density at radius 1 is 1.19 bits per heavy atom. The molecule has 1 aliphatic heterocycles. The van der Waals surface area contributed by atoms with E-state index in [9.17, 15) is 18.0 Å². The molecule has 0 saturated carbocycles. The van der Waals surface area contributed by atoms with E-state index in [1.54, 1.807) is 18.2 Å². The Morgan fingerprint density at radius 2 is 2.03 bits per heavy atom. The molecule has 0 fully saturated rings. The van der Waals surface area contributed by atoms with Gasteiger partial charge in [-0.3, -0.25) is 4.79 Å². The Hall–Kier alpha value is -3.60. The van der Waals surface area contributed by atoms with E-state index in [-0.39, 0.29) is 24.8 Å². The van der Waals surface area contributed by atoms with Gasteiger partial charge in [0.05, 0.1) is 29.9 Å². The number of amides is 1. The zero-order valence-electron chi connectivity index (χ0n) is 19.8. The van der Waals surface area contributed by atoms with Gasteiger partial charge in [-0.05, 0) is 71.0 Å². The number of rotatable bonds is 7. The number of hydrogen-bond donors (Lipinski definition) is 2. The Kier molecular flexibility index (Phi) is 6.57. The maximum Gasteiger partial charge on any atom is 0.389 e. The quantitative estimate of drug-likeness (QED) is 0.421. The van der Waals surface area contributed by atoms with Crippen molar-refractivity contribution >= 4 is 28.7 Å². The van der Waals surface area contributed by atoms with Crippen molar-refractivity contribution in [2.45, 2.75) is 43.8 Å². The summed E-state index contributed by atoms with van der Waals surface area (Å²) in [6.07, 6.45) is -3.45. The SMILES string of the molecule is COc1ccc(C2=C(c3nn[nH]n3)C(=O)N[C@@]3(CCc4cc(OCCCC(F)(F)F)ccc43)C2)cc1Cl. The van der Waals surface area contributed by atoms with Gasteiger partial charge in [-0.25, -0.2) is 0 Å². The van der Waals surface area contributed by atoms with Gasteiger partial charge < -0.3 is 14.8 Å². The number of benzene rings is 2. The molecule has 1 aliphatic carbocycles. The summed E-state index contributed by atoms with van der Waals surface area (Å²) in [6.45, 7) is -0.0284. The van der Waals surface area contributed by atoms with E-state index in [1.165, 1.54) is 7.11 Å². The summed E-state index contributed by atoms with van der Waals surface area (Å²) in [5.41, 5.74) is 2.99.